The Morgan fingerprint density at radius 3 is 2.84 bits per heavy atom. The van der Waals surface area contributed by atoms with Gasteiger partial charge in [0.15, 0.2) is 0 Å². The fourth-order valence-corrected chi connectivity index (χ4v) is 3.86. The van der Waals surface area contributed by atoms with Crippen molar-refractivity contribution >= 4 is 28.2 Å². The largest absolute Gasteiger partial charge is 0.368 e. The van der Waals surface area contributed by atoms with Crippen molar-refractivity contribution in [3.05, 3.63) is 17.0 Å². The standard InChI is InChI=1S/C17H22N4O3S/c18-12-13-4-11-25-16(13)19-15(22)3-5-20-6-8-21(9-7-20)17(23)14-2-1-10-24-14/h4,11,14H,1-3,5-10H2,(H,19,22)/t14-/m0/s1. The zero-order valence-corrected chi connectivity index (χ0v) is 14.9. The lowest BCUT2D eigenvalue weighted by Gasteiger charge is -2.35. The minimum atomic E-state index is -0.252. The summed E-state index contributed by atoms with van der Waals surface area (Å²) < 4.78 is 5.46. The van der Waals surface area contributed by atoms with Crippen LogP contribution in [0.5, 0.6) is 0 Å². The number of nitrogens with zero attached hydrogens (tertiary/aromatic N) is 3. The maximum atomic E-state index is 12.3. The molecule has 0 aromatic carbocycles. The van der Waals surface area contributed by atoms with Crippen molar-refractivity contribution in [3.63, 3.8) is 0 Å². The molecule has 2 aliphatic heterocycles. The number of nitriles is 1. The van der Waals surface area contributed by atoms with E-state index in [9.17, 15) is 9.59 Å². The highest BCUT2D eigenvalue weighted by molar-refractivity contribution is 7.14. The van der Waals surface area contributed by atoms with Crippen LogP contribution in [-0.4, -0.2) is 67.0 Å². The highest BCUT2D eigenvalue weighted by Gasteiger charge is 2.30. The second-order valence-corrected chi connectivity index (χ2v) is 7.16. The zero-order chi connectivity index (χ0) is 17.6. The molecule has 1 N–H and O–H groups in total. The molecule has 1 aromatic heterocycles. The Labute approximate surface area is 151 Å². The summed E-state index contributed by atoms with van der Waals surface area (Å²) in [5.41, 5.74) is 0.500. The minimum Gasteiger partial charge on any atom is -0.368 e. The molecule has 134 valence electrons. The number of hydrogen-bond donors (Lipinski definition) is 1. The van der Waals surface area contributed by atoms with Gasteiger partial charge in [0.25, 0.3) is 5.91 Å². The number of carbonyl (C=O) groups is 2. The van der Waals surface area contributed by atoms with Gasteiger partial charge in [-0.25, -0.2) is 0 Å². The molecule has 0 aliphatic carbocycles. The van der Waals surface area contributed by atoms with E-state index >= 15 is 0 Å². The maximum absolute atomic E-state index is 12.3. The summed E-state index contributed by atoms with van der Waals surface area (Å²) >= 11 is 1.36. The van der Waals surface area contributed by atoms with Crippen molar-refractivity contribution < 1.29 is 14.3 Å². The monoisotopic (exact) mass is 362 g/mol. The van der Waals surface area contributed by atoms with Crippen LogP contribution in [0, 0.1) is 11.3 Å². The van der Waals surface area contributed by atoms with E-state index in [-0.39, 0.29) is 17.9 Å². The van der Waals surface area contributed by atoms with Gasteiger partial charge in [-0.05, 0) is 24.3 Å². The molecule has 2 aliphatic rings. The third-order valence-corrected chi connectivity index (χ3v) is 5.41. The van der Waals surface area contributed by atoms with E-state index in [2.05, 4.69) is 16.3 Å². The van der Waals surface area contributed by atoms with Crippen LogP contribution in [0.3, 0.4) is 0 Å². The van der Waals surface area contributed by atoms with Crippen LogP contribution < -0.4 is 5.32 Å². The molecular formula is C17H22N4O3S. The van der Waals surface area contributed by atoms with Gasteiger partial charge in [0.1, 0.15) is 17.2 Å². The number of hydrogen-bond acceptors (Lipinski definition) is 6. The van der Waals surface area contributed by atoms with E-state index in [0.29, 0.717) is 43.2 Å². The Morgan fingerprint density at radius 2 is 2.16 bits per heavy atom. The molecule has 0 saturated carbocycles. The molecule has 8 heteroatoms. The fourth-order valence-electron chi connectivity index (χ4n) is 3.11. The Morgan fingerprint density at radius 1 is 1.36 bits per heavy atom. The van der Waals surface area contributed by atoms with Crippen LogP contribution in [0.25, 0.3) is 0 Å². The molecule has 0 spiro atoms. The van der Waals surface area contributed by atoms with E-state index in [0.717, 1.165) is 25.9 Å². The summed E-state index contributed by atoms with van der Waals surface area (Å²) in [6, 6.07) is 3.76. The van der Waals surface area contributed by atoms with E-state index in [1.54, 1.807) is 11.4 Å². The van der Waals surface area contributed by atoms with E-state index in [1.807, 2.05) is 4.90 Å². The van der Waals surface area contributed by atoms with Gasteiger partial charge in [0.2, 0.25) is 5.91 Å². The second-order valence-electron chi connectivity index (χ2n) is 6.24. The van der Waals surface area contributed by atoms with Gasteiger partial charge in [-0.1, -0.05) is 0 Å². The molecule has 1 atom stereocenters. The number of thiophene rings is 1. The van der Waals surface area contributed by atoms with Gasteiger partial charge in [0, 0.05) is 45.8 Å². The zero-order valence-electron chi connectivity index (χ0n) is 14.1. The average Bonchev–Trinajstić information content (AvgIpc) is 3.31. The third-order valence-electron chi connectivity index (χ3n) is 4.58. The maximum Gasteiger partial charge on any atom is 0.251 e. The molecule has 0 bridgehead atoms. The molecule has 0 radical (unpaired) electrons. The van der Waals surface area contributed by atoms with Crippen molar-refractivity contribution in [2.45, 2.75) is 25.4 Å². The predicted octanol–water partition coefficient (Wildman–Crippen LogP) is 1.27. The normalized spacial score (nSPS) is 21.1. The van der Waals surface area contributed by atoms with Gasteiger partial charge < -0.3 is 15.0 Å². The first-order chi connectivity index (χ1) is 12.2. The number of carbonyl (C=O) groups excluding carboxylic acids is 2. The molecule has 3 heterocycles. The summed E-state index contributed by atoms with van der Waals surface area (Å²) in [5.74, 6) is 0.0217. The quantitative estimate of drug-likeness (QED) is 0.853. The molecular weight excluding hydrogens is 340 g/mol. The van der Waals surface area contributed by atoms with E-state index in [1.165, 1.54) is 11.3 Å². The van der Waals surface area contributed by atoms with E-state index < -0.39 is 0 Å². The van der Waals surface area contributed by atoms with Gasteiger partial charge in [0.05, 0.1) is 5.56 Å². The Hall–Kier alpha value is -1.95. The van der Waals surface area contributed by atoms with Crippen molar-refractivity contribution in [1.82, 2.24) is 9.80 Å². The number of piperazine rings is 1. The fraction of sp³-hybridized carbons (Fsp3) is 0.588. The summed E-state index contributed by atoms with van der Waals surface area (Å²) in [5, 5.41) is 14.2. The molecule has 2 amide bonds. The Balaban J connectivity index is 1.38. The first-order valence-electron chi connectivity index (χ1n) is 8.57. The SMILES string of the molecule is N#Cc1ccsc1NC(=O)CCN1CCN(C(=O)[C@@H]2CCCO2)CC1. The van der Waals surface area contributed by atoms with Crippen molar-refractivity contribution in [2.75, 3.05) is 44.6 Å². The van der Waals surface area contributed by atoms with Crippen LogP contribution >= 0.6 is 11.3 Å². The smallest absolute Gasteiger partial charge is 0.251 e. The average molecular weight is 362 g/mol. The van der Waals surface area contributed by atoms with Crippen LogP contribution in [0.15, 0.2) is 11.4 Å². The van der Waals surface area contributed by atoms with Crippen molar-refractivity contribution in [3.8, 4) is 6.07 Å². The van der Waals surface area contributed by atoms with Crippen LogP contribution in [0.1, 0.15) is 24.8 Å². The summed E-state index contributed by atoms with van der Waals surface area (Å²) in [4.78, 5) is 28.4. The minimum absolute atomic E-state index is 0.0863. The molecule has 2 fully saturated rings. The highest BCUT2D eigenvalue weighted by atomic mass is 32.1. The molecule has 2 saturated heterocycles. The van der Waals surface area contributed by atoms with Gasteiger partial charge in [-0.2, -0.15) is 5.26 Å². The summed E-state index contributed by atoms with van der Waals surface area (Å²) in [6.07, 6.45) is 1.91. The third kappa shape index (κ3) is 4.57. The lowest BCUT2D eigenvalue weighted by Crippen LogP contribution is -2.51. The first kappa shape index (κ1) is 17.9. The number of ether oxygens (including phenoxy) is 1. The molecule has 3 rings (SSSR count). The molecule has 25 heavy (non-hydrogen) atoms. The van der Waals surface area contributed by atoms with Crippen LogP contribution in [0.4, 0.5) is 5.00 Å². The lowest BCUT2D eigenvalue weighted by atomic mass is 10.2. The first-order valence-corrected chi connectivity index (χ1v) is 9.45. The topological polar surface area (TPSA) is 85.7 Å². The molecule has 7 nitrogen and oxygen atoms in total. The summed E-state index contributed by atoms with van der Waals surface area (Å²) in [7, 11) is 0. The Bertz CT molecular complexity index is 655. The second kappa shape index (κ2) is 8.43. The van der Waals surface area contributed by atoms with Crippen molar-refractivity contribution in [1.29, 1.82) is 5.26 Å². The van der Waals surface area contributed by atoms with Gasteiger partial charge in [-0.15, -0.1) is 11.3 Å². The summed E-state index contributed by atoms with van der Waals surface area (Å²) in [6.45, 7) is 4.25. The van der Waals surface area contributed by atoms with Crippen LogP contribution in [0.2, 0.25) is 0 Å². The number of amides is 2. The van der Waals surface area contributed by atoms with Crippen molar-refractivity contribution in [2.24, 2.45) is 0 Å². The molecule has 0 unspecified atom stereocenters. The predicted molar refractivity (Wildman–Crippen MR) is 94.3 cm³/mol. The number of nitrogens with one attached hydrogen (secondary N) is 1. The van der Waals surface area contributed by atoms with Gasteiger partial charge in [-0.3, -0.25) is 14.5 Å². The Kier molecular flexibility index (Phi) is 6.02. The number of anilines is 1. The van der Waals surface area contributed by atoms with Crippen LogP contribution in [-0.2, 0) is 14.3 Å². The molecule has 1 aromatic rings. The lowest BCUT2D eigenvalue weighted by molar-refractivity contribution is -0.142. The van der Waals surface area contributed by atoms with Gasteiger partial charge >= 0.3 is 0 Å². The van der Waals surface area contributed by atoms with E-state index in [4.69, 9.17) is 10.00 Å². The number of rotatable bonds is 5. The highest BCUT2D eigenvalue weighted by Crippen LogP contribution is 2.22.